The Hall–Kier alpha value is -0.650. The second kappa shape index (κ2) is 4.04. The van der Waals surface area contributed by atoms with Crippen molar-refractivity contribution in [2.24, 2.45) is 11.1 Å². The molecule has 5 nitrogen and oxygen atoms in total. The lowest BCUT2D eigenvalue weighted by Crippen LogP contribution is -2.45. The summed E-state index contributed by atoms with van der Waals surface area (Å²) in [5.74, 6) is -0.150. The first-order valence-electron chi connectivity index (χ1n) is 4.41. The van der Waals surface area contributed by atoms with Gasteiger partial charge in [-0.3, -0.25) is 4.79 Å². The van der Waals surface area contributed by atoms with E-state index in [1.54, 1.807) is 0 Å². The van der Waals surface area contributed by atoms with E-state index in [4.69, 9.17) is 15.9 Å². The molecule has 5 heteroatoms. The number of nitrogens with one attached hydrogen (secondary N) is 1. The summed E-state index contributed by atoms with van der Waals surface area (Å²) in [4.78, 5) is 11.5. The van der Waals surface area contributed by atoms with Gasteiger partial charge in [0.1, 0.15) is 0 Å². The molecule has 1 rings (SSSR count). The fraction of sp³-hybridized carbons (Fsp3) is 0.875. The van der Waals surface area contributed by atoms with Crippen LogP contribution in [0, 0.1) is 5.41 Å². The molecule has 1 saturated carbocycles. The largest absolute Gasteiger partial charge is 0.394 e. The third-order valence-electron chi connectivity index (χ3n) is 2.50. The summed E-state index contributed by atoms with van der Waals surface area (Å²) < 4.78 is 0. The van der Waals surface area contributed by atoms with Crippen LogP contribution in [0.2, 0.25) is 0 Å². The van der Waals surface area contributed by atoms with Crippen LogP contribution in [0.1, 0.15) is 12.8 Å². The van der Waals surface area contributed by atoms with Crippen molar-refractivity contribution in [2.45, 2.75) is 18.9 Å². The number of aliphatic hydroxyl groups is 2. The highest BCUT2D eigenvalue weighted by Crippen LogP contribution is 2.44. The molecule has 0 unspecified atom stereocenters. The number of amides is 1. The molecular weight excluding hydrogens is 172 g/mol. The Morgan fingerprint density at radius 1 is 1.46 bits per heavy atom. The van der Waals surface area contributed by atoms with E-state index in [2.05, 4.69) is 5.32 Å². The van der Waals surface area contributed by atoms with Gasteiger partial charge in [0.2, 0.25) is 5.91 Å². The van der Waals surface area contributed by atoms with Crippen molar-refractivity contribution in [1.82, 2.24) is 5.32 Å². The van der Waals surface area contributed by atoms with Crippen molar-refractivity contribution in [1.29, 1.82) is 0 Å². The van der Waals surface area contributed by atoms with Crippen LogP contribution in [-0.2, 0) is 4.79 Å². The maximum Gasteiger partial charge on any atom is 0.227 e. The number of carbonyl (C=O) groups is 1. The normalized spacial score (nSPS) is 18.8. The van der Waals surface area contributed by atoms with E-state index in [1.807, 2.05) is 0 Å². The number of hydrogen-bond acceptors (Lipinski definition) is 4. The zero-order chi connectivity index (χ0) is 9.90. The van der Waals surface area contributed by atoms with Crippen LogP contribution in [0.25, 0.3) is 0 Å². The summed E-state index contributed by atoms with van der Waals surface area (Å²) in [5, 5.41) is 20.0. The number of hydrogen-bond donors (Lipinski definition) is 4. The molecule has 0 atom stereocenters. The van der Waals surface area contributed by atoms with Crippen molar-refractivity contribution in [3.8, 4) is 0 Å². The van der Waals surface area contributed by atoms with Crippen LogP contribution in [0.3, 0.4) is 0 Å². The number of carbonyl (C=O) groups excluding carboxylic acids is 1. The van der Waals surface area contributed by atoms with Crippen molar-refractivity contribution in [3.05, 3.63) is 0 Å². The summed E-state index contributed by atoms with van der Waals surface area (Å²) in [5.41, 5.74) is 5.03. The molecule has 0 heterocycles. The Kier molecular flexibility index (Phi) is 3.24. The second-order valence-corrected chi connectivity index (χ2v) is 3.52. The van der Waals surface area contributed by atoms with E-state index in [9.17, 15) is 4.79 Å². The second-order valence-electron chi connectivity index (χ2n) is 3.52. The Bertz CT molecular complexity index is 188. The van der Waals surface area contributed by atoms with E-state index >= 15 is 0 Å². The predicted octanol–water partition coefficient (Wildman–Crippen LogP) is -1.81. The Morgan fingerprint density at radius 2 is 2.00 bits per heavy atom. The van der Waals surface area contributed by atoms with Crippen LogP contribution in [0.5, 0.6) is 0 Å². The molecule has 1 aliphatic carbocycles. The first-order valence-corrected chi connectivity index (χ1v) is 4.41. The standard InChI is InChI=1S/C8H16N2O3/c9-5-8(1-2-8)7(13)10-6(3-11)4-12/h6,11-12H,1-5,9H2,(H,10,13). The van der Waals surface area contributed by atoms with Gasteiger partial charge in [-0.15, -0.1) is 0 Å². The van der Waals surface area contributed by atoms with Crippen molar-refractivity contribution >= 4 is 5.91 Å². The van der Waals surface area contributed by atoms with Crippen LogP contribution in [0.4, 0.5) is 0 Å². The first-order chi connectivity index (χ1) is 6.18. The van der Waals surface area contributed by atoms with Crippen LogP contribution in [-0.4, -0.2) is 41.9 Å². The predicted molar refractivity (Wildman–Crippen MR) is 46.8 cm³/mol. The number of rotatable bonds is 5. The lowest BCUT2D eigenvalue weighted by Gasteiger charge is -2.17. The Labute approximate surface area is 76.9 Å². The molecule has 0 aromatic rings. The highest BCUT2D eigenvalue weighted by Gasteiger charge is 2.48. The van der Waals surface area contributed by atoms with Crippen molar-refractivity contribution in [3.63, 3.8) is 0 Å². The molecule has 1 aliphatic rings. The van der Waals surface area contributed by atoms with E-state index in [0.29, 0.717) is 6.54 Å². The van der Waals surface area contributed by atoms with Gasteiger partial charge in [-0.2, -0.15) is 0 Å². The molecule has 13 heavy (non-hydrogen) atoms. The third kappa shape index (κ3) is 2.18. The number of nitrogens with two attached hydrogens (primary N) is 1. The molecule has 0 aromatic heterocycles. The molecular formula is C8H16N2O3. The van der Waals surface area contributed by atoms with Gasteiger partial charge in [0.05, 0.1) is 24.7 Å². The molecule has 76 valence electrons. The molecule has 0 aromatic carbocycles. The summed E-state index contributed by atoms with van der Waals surface area (Å²) in [6.07, 6.45) is 1.61. The molecule has 0 radical (unpaired) electrons. The van der Waals surface area contributed by atoms with E-state index in [0.717, 1.165) is 12.8 Å². The minimum atomic E-state index is -0.559. The van der Waals surface area contributed by atoms with E-state index in [-0.39, 0.29) is 19.1 Å². The fourth-order valence-electron chi connectivity index (χ4n) is 1.16. The third-order valence-corrected chi connectivity index (χ3v) is 2.50. The topological polar surface area (TPSA) is 95.6 Å². The van der Waals surface area contributed by atoms with E-state index in [1.165, 1.54) is 0 Å². The van der Waals surface area contributed by atoms with Gasteiger partial charge in [-0.25, -0.2) is 0 Å². The van der Waals surface area contributed by atoms with Gasteiger partial charge in [0, 0.05) is 6.54 Å². The average molecular weight is 188 g/mol. The van der Waals surface area contributed by atoms with Crippen LogP contribution < -0.4 is 11.1 Å². The average Bonchev–Trinajstić information content (AvgIpc) is 2.94. The minimum Gasteiger partial charge on any atom is -0.394 e. The lowest BCUT2D eigenvalue weighted by molar-refractivity contribution is -0.127. The maximum absolute atomic E-state index is 11.5. The quantitative estimate of drug-likeness (QED) is 0.409. The van der Waals surface area contributed by atoms with Gasteiger partial charge in [-0.05, 0) is 12.8 Å². The van der Waals surface area contributed by atoms with Gasteiger partial charge in [-0.1, -0.05) is 0 Å². The Balaban J connectivity index is 2.40. The van der Waals surface area contributed by atoms with Crippen LogP contribution >= 0.6 is 0 Å². The SMILES string of the molecule is NCC1(C(=O)NC(CO)CO)CC1. The lowest BCUT2D eigenvalue weighted by atomic mass is 10.1. The molecule has 0 bridgehead atoms. The van der Waals surface area contributed by atoms with Gasteiger partial charge in [0.25, 0.3) is 0 Å². The van der Waals surface area contributed by atoms with Gasteiger partial charge >= 0.3 is 0 Å². The summed E-state index contributed by atoms with van der Waals surface area (Å²) >= 11 is 0. The molecule has 1 fully saturated rings. The zero-order valence-electron chi connectivity index (χ0n) is 7.49. The highest BCUT2D eigenvalue weighted by molar-refractivity contribution is 5.85. The smallest absolute Gasteiger partial charge is 0.227 e. The number of aliphatic hydroxyl groups excluding tert-OH is 2. The van der Waals surface area contributed by atoms with Gasteiger partial charge < -0.3 is 21.3 Å². The minimum absolute atomic E-state index is 0.150. The fourth-order valence-corrected chi connectivity index (χ4v) is 1.16. The molecule has 0 aliphatic heterocycles. The monoisotopic (exact) mass is 188 g/mol. The van der Waals surface area contributed by atoms with Crippen LogP contribution in [0.15, 0.2) is 0 Å². The van der Waals surface area contributed by atoms with E-state index < -0.39 is 11.5 Å². The maximum atomic E-state index is 11.5. The first kappa shape index (κ1) is 10.4. The molecule has 0 spiro atoms. The summed E-state index contributed by atoms with van der Waals surface area (Å²) in [6.45, 7) is -0.159. The molecule has 5 N–H and O–H groups in total. The van der Waals surface area contributed by atoms with Gasteiger partial charge in [0.15, 0.2) is 0 Å². The van der Waals surface area contributed by atoms with Crippen molar-refractivity contribution in [2.75, 3.05) is 19.8 Å². The molecule has 0 saturated heterocycles. The zero-order valence-corrected chi connectivity index (χ0v) is 7.49. The summed E-state index contributed by atoms with van der Waals surface area (Å²) in [6, 6.07) is -0.559. The molecule has 1 amide bonds. The highest BCUT2D eigenvalue weighted by atomic mass is 16.3. The Morgan fingerprint density at radius 3 is 2.31 bits per heavy atom. The summed E-state index contributed by atoms with van der Waals surface area (Å²) in [7, 11) is 0. The van der Waals surface area contributed by atoms with Crippen molar-refractivity contribution < 1.29 is 15.0 Å².